The first kappa shape index (κ1) is 12.8. The summed E-state index contributed by atoms with van der Waals surface area (Å²) in [4.78, 5) is 11.8. The summed E-state index contributed by atoms with van der Waals surface area (Å²) in [5.41, 5.74) is 1.79. The molecular weight excluding hydrogens is 202 g/mol. The zero-order chi connectivity index (χ0) is 12.1. The lowest BCUT2D eigenvalue weighted by Gasteiger charge is -2.05. The largest absolute Gasteiger partial charge is 0.351 e. The van der Waals surface area contributed by atoms with E-state index in [4.69, 9.17) is 0 Å². The Labute approximate surface area is 97.0 Å². The molecule has 0 aromatic carbocycles. The Kier molecular flexibility index (Phi) is 4.55. The molecule has 0 radical (unpaired) electrons. The molecule has 0 aliphatic carbocycles. The first-order chi connectivity index (χ1) is 7.56. The minimum absolute atomic E-state index is 0.00662. The van der Waals surface area contributed by atoms with Gasteiger partial charge in [-0.25, -0.2) is 0 Å². The first-order valence-electron chi connectivity index (χ1n) is 5.67. The number of carbonyl (C=O) groups is 1. The second-order valence-corrected chi connectivity index (χ2v) is 4.26. The number of amides is 1. The van der Waals surface area contributed by atoms with Crippen molar-refractivity contribution in [3.05, 3.63) is 23.5 Å². The van der Waals surface area contributed by atoms with Gasteiger partial charge in [-0.3, -0.25) is 4.79 Å². The van der Waals surface area contributed by atoms with Gasteiger partial charge in [0.1, 0.15) is 0 Å². The van der Waals surface area contributed by atoms with Gasteiger partial charge in [0, 0.05) is 31.5 Å². The highest BCUT2D eigenvalue weighted by atomic mass is 16.1. The van der Waals surface area contributed by atoms with Gasteiger partial charge >= 0.3 is 0 Å². The fourth-order valence-corrected chi connectivity index (χ4v) is 1.51. The summed E-state index contributed by atoms with van der Waals surface area (Å²) in [6.07, 6.45) is 3.92. The van der Waals surface area contributed by atoms with E-state index >= 15 is 0 Å². The van der Waals surface area contributed by atoms with E-state index < -0.39 is 0 Å². The van der Waals surface area contributed by atoms with E-state index in [0.717, 1.165) is 17.7 Å². The number of aromatic nitrogens is 1. The summed E-state index contributed by atoms with van der Waals surface area (Å²) in [5, 5.41) is 5.87. The highest BCUT2D eigenvalue weighted by Crippen LogP contribution is 2.13. The molecule has 1 aromatic heterocycles. The summed E-state index contributed by atoms with van der Waals surface area (Å²) < 4.78 is 2.06. The van der Waals surface area contributed by atoms with Crippen molar-refractivity contribution in [2.45, 2.75) is 26.8 Å². The fourth-order valence-electron chi connectivity index (χ4n) is 1.51. The lowest BCUT2D eigenvalue weighted by atomic mass is 10.2. The molecule has 1 rings (SSSR count). The van der Waals surface area contributed by atoms with Crippen LogP contribution in [0.3, 0.4) is 0 Å². The third kappa shape index (κ3) is 3.10. The number of hydrogen-bond donors (Lipinski definition) is 2. The molecular formula is C12H21N3O. The number of carbonyl (C=O) groups excluding carboxylic acids is 1. The second kappa shape index (κ2) is 5.70. The van der Waals surface area contributed by atoms with E-state index in [0.29, 0.717) is 12.6 Å². The van der Waals surface area contributed by atoms with Crippen LogP contribution in [0.25, 0.3) is 0 Å². The van der Waals surface area contributed by atoms with Crippen molar-refractivity contribution in [1.82, 2.24) is 15.2 Å². The van der Waals surface area contributed by atoms with Crippen molar-refractivity contribution in [3.8, 4) is 0 Å². The Morgan fingerprint density at radius 3 is 2.56 bits per heavy atom. The van der Waals surface area contributed by atoms with Crippen molar-refractivity contribution in [2.75, 3.05) is 20.1 Å². The van der Waals surface area contributed by atoms with Gasteiger partial charge in [-0.2, -0.15) is 0 Å². The first-order valence-corrected chi connectivity index (χ1v) is 5.67. The van der Waals surface area contributed by atoms with Gasteiger partial charge in [0.05, 0.1) is 5.56 Å². The molecule has 0 spiro atoms. The average molecular weight is 223 g/mol. The van der Waals surface area contributed by atoms with Crippen molar-refractivity contribution >= 4 is 5.91 Å². The van der Waals surface area contributed by atoms with E-state index in [1.165, 1.54) is 0 Å². The molecule has 0 bridgehead atoms. The van der Waals surface area contributed by atoms with Crippen LogP contribution in [0.15, 0.2) is 12.4 Å². The molecule has 0 fully saturated rings. The van der Waals surface area contributed by atoms with Gasteiger partial charge in [0.2, 0.25) is 0 Å². The molecule has 2 N–H and O–H groups in total. The summed E-state index contributed by atoms with van der Waals surface area (Å²) in [5.74, 6) is 0.00662. The minimum atomic E-state index is 0.00662. The van der Waals surface area contributed by atoms with E-state index in [9.17, 15) is 4.79 Å². The number of nitrogens with one attached hydrogen (secondary N) is 2. The Hall–Kier alpha value is -1.29. The Balaban J connectivity index is 2.68. The number of aryl methyl sites for hydroxylation is 1. The van der Waals surface area contributed by atoms with Crippen LogP contribution in [-0.2, 0) is 0 Å². The van der Waals surface area contributed by atoms with Crippen molar-refractivity contribution in [1.29, 1.82) is 0 Å². The molecule has 0 atom stereocenters. The summed E-state index contributed by atoms with van der Waals surface area (Å²) >= 11 is 0. The SMILES string of the molecule is CNCCNC(=O)c1cn(C(C)C)cc1C. The number of rotatable bonds is 5. The Bertz CT molecular complexity index is 355. The molecule has 0 aliphatic rings. The Morgan fingerprint density at radius 2 is 2.06 bits per heavy atom. The molecule has 1 aromatic rings. The second-order valence-electron chi connectivity index (χ2n) is 4.26. The van der Waals surface area contributed by atoms with Gasteiger partial charge in [0.15, 0.2) is 0 Å². The maximum Gasteiger partial charge on any atom is 0.253 e. The highest BCUT2D eigenvalue weighted by Gasteiger charge is 2.11. The number of hydrogen-bond acceptors (Lipinski definition) is 2. The van der Waals surface area contributed by atoms with Crippen molar-refractivity contribution in [3.63, 3.8) is 0 Å². The van der Waals surface area contributed by atoms with Crippen LogP contribution in [0.2, 0.25) is 0 Å². The van der Waals surface area contributed by atoms with Gasteiger partial charge < -0.3 is 15.2 Å². The van der Waals surface area contributed by atoms with Crippen LogP contribution in [0.1, 0.15) is 35.8 Å². The summed E-state index contributed by atoms with van der Waals surface area (Å²) in [7, 11) is 1.87. The third-order valence-corrected chi connectivity index (χ3v) is 2.55. The van der Waals surface area contributed by atoms with Crippen LogP contribution in [0, 0.1) is 6.92 Å². The van der Waals surface area contributed by atoms with Crippen LogP contribution in [0.5, 0.6) is 0 Å². The average Bonchev–Trinajstić information content (AvgIpc) is 2.61. The van der Waals surface area contributed by atoms with Crippen molar-refractivity contribution < 1.29 is 4.79 Å². The summed E-state index contributed by atoms with van der Waals surface area (Å²) in [6, 6.07) is 0.387. The minimum Gasteiger partial charge on any atom is -0.351 e. The van der Waals surface area contributed by atoms with Crippen LogP contribution in [-0.4, -0.2) is 30.6 Å². The van der Waals surface area contributed by atoms with E-state index in [1.54, 1.807) is 0 Å². The Morgan fingerprint density at radius 1 is 1.38 bits per heavy atom. The van der Waals surface area contributed by atoms with Crippen LogP contribution < -0.4 is 10.6 Å². The van der Waals surface area contributed by atoms with E-state index in [-0.39, 0.29) is 5.91 Å². The molecule has 0 unspecified atom stereocenters. The molecule has 1 heterocycles. The normalized spacial score (nSPS) is 10.8. The quantitative estimate of drug-likeness (QED) is 0.740. The predicted octanol–water partition coefficient (Wildman–Crippen LogP) is 1.33. The maximum absolute atomic E-state index is 11.8. The van der Waals surface area contributed by atoms with Gasteiger partial charge in [-0.05, 0) is 33.4 Å². The van der Waals surface area contributed by atoms with Crippen LogP contribution in [0.4, 0.5) is 0 Å². The highest BCUT2D eigenvalue weighted by molar-refractivity contribution is 5.95. The zero-order valence-corrected chi connectivity index (χ0v) is 10.5. The molecule has 16 heavy (non-hydrogen) atoms. The maximum atomic E-state index is 11.8. The smallest absolute Gasteiger partial charge is 0.253 e. The summed E-state index contributed by atoms with van der Waals surface area (Å²) in [6.45, 7) is 7.60. The zero-order valence-electron chi connectivity index (χ0n) is 10.5. The standard InChI is InChI=1S/C12H21N3O/c1-9(2)15-7-10(3)11(8-15)12(16)14-6-5-13-4/h7-9,13H,5-6H2,1-4H3,(H,14,16). The molecule has 0 aliphatic heterocycles. The van der Waals surface area contributed by atoms with Gasteiger partial charge in [-0.1, -0.05) is 0 Å². The molecule has 0 saturated carbocycles. The molecule has 4 heteroatoms. The predicted molar refractivity (Wildman–Crippen MR) is 65.8 cm³/mol. The van der Waals surface area contributed by atoms with E-state index in [1.807, 2.05) is 26.4 Å². The number of nitrogens with zero attached hydrogens (tertiary/aromatic N) is 1. The lowest BCUT2D eigenvalue weighted by molar-refractivity contribution is 0.0953. The van der Waals surface area contributed by atoms with Crippen LogP contribution >= 0.6 is 0 Å². The topological polar surface area (TPSA) is 46.1 Å². The van der Waals surface area contributed by atoms with E-state index in [2.05, 4.69) is 29.0 Å². The molecule has 0 saturated heterocycles. The lowest BCUT2D eigenvalue weighted by Crippen LogP contribution is -2.30. The number of likely N-dealkylation sites (N-methyl/N-ethyl adjacent to an activating group) is 1. The molecule has 90 valence electrons. The van der Waals surface area contributed by atoms with Gasteiger partial charge in [-0.15, -0.1) is 0 Å². The molecule has 1 amide bonds. The molecule has 4 nitrogen and oxygen atoms in total. The monoisotopic (exact) mass is 223 g/mol. The van der Waals surface area contributed by atoms with Gasteiger partial charge in [0.25, 0.3) is 5.91 Å². The van der Waals surface area contributed by atoms with Crippen molar-refractivity contribution in [2.24, 2.45) is 0 Å². The fraction of sp³-hybridized carbons (Fsp3) is 0.583. The third-order valence-electron chi connectivity index (χ3n) is 2.55.